The van der Waals surface area contributed by atoms with Gasteiger partial charge in [-0.25, -0.2) is 0 Å². The van der Waals surface area contributed by atoms with Gasteiger partial charge in [-0.15, -0.1) is 5.10 Å². The summed E-state index contributed by atoms with van der Waals surface area (Å²) in [6, 6.07) is 0. The Morgan fingerprint density at radius 1 is 1.60 bits per heavy atom. The van der Waals surface area contributed by atoms with Crippen molar-refractivity contribution >= 4 is 5.91 Å². The number of carbonyl (C=O) groups is 1. The minimum Gasteiger partial charge on any atom is -0.354 e. The molecule has 6 nitrogen and oxygen atoms in total. The van der Waals surface area contributed by atoms with Crippen molar-refractivity contribution in [1.29, 1.82) is 0 Å². The second-order valence-corrected chi connectivity index (χ2v) is 3.91. The average Bonchev–Trinajstić information content (AvgIpc) is 2.90. The maximum atomic E-state index is 11.7. The van der Waals surface area contributed by atoms with E-state index in [1.807, 2.05) is 0 Å². The number of nitrogens with zero attached hydrogens (tertiary/aromatic N) is 3. The Morgan fingerprint density at radius 3 is 2.93 bits per heavy atom. The van der Waals surface area contributed by atoms with Crippen molar-refractivity contribution in [1.82, 2.24) is 20.3 Å². The van der Waals surface area contributed by atoms with E-state index in [-0.39, 0.29) is 11.3 Å². The molecule has 0 aliphatic heterocycles. The predicted octanol–water partition coefficient (Wildman–Crippen LogP) is -0.867. The fraction of sp³-hybridized carbons (Fsp3) is 0.667. The number of nitrogens with two attached hydrogens (primary N) is 1. The Labute approximate surface area is 87.8 Å². The molecule has 1 heterocycles. The summed E-state index contributed by atoms with van der Waals surface area (Å²) in [6.45, 7) is 1.67. The van der Waals surface area contributed by atoms with E-state index in [0.29, 0.717) is 19.6 Å². The molecular weight excluding hydrogens is 194 g/mol. The van der Waals surface area contributed by atoms with Crippen LogP contribution in [0.4, 0.5) is 0 Å². The van der Waals surface area contributed by atoms with E-state index < -0.39 is 0 Å². The van der Waals surface area contributed by atoms with Gasteiger partial charge < -0.3 is 11.1 Å². The fourth-order valence-electron chi connectivity index (χ4n) is 1.50. The van der Waals surface area contributed by atoms with Gasteiger partial charge in [0.25, 0.3) is 0 Å². The third-order valence-corrected chi connectivity index (χ3v) is 2.82. The lowest BCUT2D eigenvalue weighted by Crippen LogP contribution is -2.38. The van der Waals surface area contributed by atoms with Gasteiger partial charge in [0.2, 0.25) is 5.91 Å². The summed E-state index contributed by atoms with van der Waals surface area (Å²) in [6.07, 6.45) is 5.21. The molecule has 0 atom stereocenters. The van der Waals surface area contributed by atoms with Crippen LogP contribution >= 0.6 is 0 Å². The summed E-state index contributed by atoms with van der Waals surface area (Å²) >= 11 is 0. The van der Waals surface area contributed by atoms with Crippen molar-refractivity contribution in [3.8, 4) is 0 Å². The van der Waals surface area contributed by atoms with Crippen molar-refractivity contribution in [3.63, 3.8) is 0 Å². The van der Waals surface area contributed by atoms with Gasteiger partial charge in [0.05, 0.1) is 18.2 Å². The Balaban J connectivity index is 1.72. The van der Waals surface area contributed by atoms with E-state index in [0.717, 1.165) is 12.8 Å². The number of amides is 1. The maximum Gasteiger partial charge on any atom is 0.227 e. The van der Waals surface area contributed by atoms with Crippen molar-refractivity contribution in [2.75, 3.05) is 13.1 Å². The summed E-state index contributed by atoms with van der Waals surface area (Å²) < 4.78 is 1.68. The standard InChI is InChI=1S/C9H15N5O/c10-7-9(1-2-9)8(15)11-3-5-14-6-4-12-13-14/h4,6H,1-3,5,7,10H2,(H,11,15). The van der Waals surface area contributed by atoms with Crippen LogP contribution in [-0.4, -0.2) is 34.0 Å². The lowest BCUT2D eigenvalue weighted by atomic mass is 10.1. The zero-order chi connectivity index (χ0) is 10.7. The predicted molar refractivity (Wildman–Crippen MR) is 53.8 cm³/mol. The van der Waals surface area contributed by atoms with Gasteiger partial charge in [-0.05, 0) is 12.8 Å². The van der Waals surface area contributed by atoms with E-state index in [9.17, 15) is 4.79 Å². The van der Waals surface area contributed by atoms with E-state index in [2.05, 4.69) is 15.6 Å². The molecule has 1 saturated carbocycles. The highest BCUT2D eigenvalue weighted by atomic mass is 16.2. The first-order valence-electron chi connectivity index (χ1n) is 5.09. The minimum atomic E-state index is -0.262. The molecule has 1 amide bonds. The summed E-state index contributed by atoms with van der Waals surface area (Å²) in [4.78, 5) is 11.7. The van der Waals surface area contributed by atoms with Crippen LogP contribution in [-0.2, 0) is 11.3 Å². The lowest BCUT2D eigenvalue weighted by molar-refractivity contribution is -0.126. The number of hydrogen-bond donors (Lipinski definition) is 2. The quantitative estimate of drug-likeness (QED) is 0.660. The maximum absolute atomic E-state index is 11.7. The van der Waals surface area contributed by atoms with Gasteiger partial charge in [-0.1, -0.05) is 5.21 Å². The molecule has 0 radical (unpaired) electrons. The highest BCUT2D eigenvalue weighted by Crippen LogP contribution is 2.44. The number of aromatic nitrogens is 3. The first-order valence-corrected chi connectivity index (χ1v) is 5.09. The zero-order valence-corrected chi connectivity index (χ0v) is 8.52. The Hall–Kier alpha value is -1.43. The SMILES string of the molecule is NCC1(C(=O)NCCn2ccnn2)CC1. The van der Waals surface area contributed by atoms with Crippen LogP contribution in [0, 0.1) is 5.41 Å². The zero-order valence-electron chi connectivity index (χ0n) is 8.52. The van der Waals surface area contributed by atoms with Gasteiger partial charge in [-0.2, -0.15) is 0 Å². The molecule has 0 saturated heterocycles. The highest BCUT2D eigenvalue weighted by molar-refractivity contribution is 5.85. The topological polar surface area (TPSA) is 85.8 Å². The van der Waals surface area contributed by atoms with Gasteiger partial charge in [-0.3, -0.25) is 9.48 Å². The Kier molecular flexibility index (Phi) is 2.68. The molecule has 3 N–H and O–H groups in total. The molecule has 1 aromatic heterocycles. The second-order valence-electron chi connectivity index (χ2n) is 3.91. The third kappa shape index (κ3) is 2.15. The summed E-state index contributed by atoms with van der Waals surface area (Å²) in [5.74, 6) is 0.0742. The van der Waals surface area contributed by atoms with Crippen LogP contribution in [0.2, 0.25) is 0 Å². The third-order valence-electron chi connectivity index (χ3n) is 2.82. The molecule has 1 aromatic rings. The molecule has 82 valence electrons. The van der Waals surface area contributed by atoms with Crippen LogP contribution in [0.3, 0.4) is 0 Å². The number of carbonyl (C=O) groups excluding carboxylic acids is 1. The fourth-order valence-corrected chi connectivity index (χ4v) is 1.50. The summed E-state index contributed by atoms with van der Waals surface area (Å²) in [7, 11) is 0. The molecule has 0 unspecified atom stereocenters. The number of hydrogen-bond acceptors (Lipinski definition) is 4. The molecule has 0 bridgehead atoms. The normalized spacial score (nSPS) is 17.4. The molecule has 1 aliphatic carbocycles. The van der Waals surface area contributed by atoms with Crippen LogP contribution in [0.1, 0.15) is 12.8 Å². The highest BCUT2D eigenvalue weighted by Gasteiger charge is 2.48. The van der Waals surface area contributed by atoms with Crippen molar-refractivity contribution < 1.29 is 4.79 Å². The Bertz CT molecular complexity index is 330. The average molecular weight is 209 g/mol. The van der Waals surface area contributed by atoms with Gasteiger partial charge in [0.1, 0.15) is 0 Å². The molecule has 2 rings (SSSR count). The molecule has 0 aromatic carbocycles. The van der Waals surface area contributed by atoms with Crippen LogP contribution < -0.4 is 11.1 Å². The summed E-state index contributed by atoms with van der Waals surface area (Å²) in [5, 5.41) is 10.3. The lowest BCUT2D eigenvalue weighted by Gasteiger charge is -2.12. The van der Waals surface area contributed by atoms with E-state index in [4.69, 9.17) is 5.73 Å². The van der Waals surface area contributed by atoms with Crippen molar-refractivity contribution in [2.45, 2.75) is 19.4 Å². The van der Waals surface area contributed by atoms with E-state index >= 15 is 0 Å². The number of nitrogens with one attached hydrogen (secondary N) is 1. The second kappa shape index (κ2) is 3.98. The smallest absolute Gasteiger partial charge is 0.227 e. The summed E-state index contributed by atoms with van der Waals surface area (Å²) in [5.41, 5.74) is 5.29. The van der Waals surface area contributed by atoms with Crippen molar-refractivity contribution in [3.05, 3.63) is 12.4 Å². The monoisotopic (exact) mass is 209 g/mol. The van der Waals surface area contributed by atoms with E-state index in [1.54, 1.807) is 17.1 Å². The largest absolute Gasteiger partial charge is 0.354 e. The van der Waals surface area contributed by atoms with Crippen LogP contribution in [0.15, 0.2) is 12.4 Å². The Morgan fingerprint density at radius 2 is 2.40 bits per heavy atom. The first kappa shape index (κ1) is 10.1. The van der Waals surface area contributed by atoms with Gasteiger partial charge >= 0.3 is 0 Å². The van der Waals surface area contributed by atoms with Gasteiger partial charge in [0.15, 0.2) is 0 Å². The molecule has 1 fully saturated rings. The van der Waals surface area contributed by atoms with Crippen molar-refractivity contribution in [2.24, 2.45) is 11.1 Å². The first-order chi connectivity index (χ1) is 7.27. The molecule has 1 aliphatic rings. The molecule has 15 heavy (non-hydrogen) atoms. The van der Waals surface area contributed by atoms with E-state index in [1.165, 1.54) is 0 Å². The molecule has 0 spiro atoms. The minimum absolute atomic E-state index is 0.0742. The van der Waals surface area contributed by atoms with Gasteiger partial charge in [0, 0.05) is 19.3 Å². The molecular formula is C9H15N5O. The van der Waals surface area contributed by atoms with Crippen LogP contribution in [0.25, 0.3) is 0 Å². The van der Waals surface area contributed by atoms with Crippen LogP contribution in [0.5, 0.6) is 0 Å². The molecule has 6 heteroatoms. The number of rotatable bonds is 5.